The van der Waals surface area contributed by atoms with E-state index >= 15 is 0 Å². The third kappa shape index (κ3) is 2.32. The highest BCUT2D eigenvalue weighted by molar-refractivity contribution is 6.41. The molecule has 0 aromatic carbocycles. The van der Waals surface area contributed by atoms with E-state index in [-0.39, 0.29) is 6.04 Å². The Morgan fingerprint density at radius 2 is 2.10 bits per heavy atom. The lowest BCUT2D eigenvalue weighted by atomic mass is 9.99. The average Bonchev–Trinajstić information content (AvgIpc) is 2.48. The number of likely N-dealkylation sites (tertiary alicyclic amines) is 1. The van der Waals surface area contributed by atoms with E-state index in [1.807, 2.05) is 6.20 Å². The molecular weight excluding hydrogens is 250 g/mol. The second kappa shape index (κ2) is 5.31. The first-order chi connectivity index (χ1) is 9.69. The van der Waals surface area contributed by atoms with Gasteiger partial charge in [-0.2, -0.15) is 0 Å². The van der Waals surface area contributed by atoms with E-state index in [2.05, 4.69) is 34.7 Å². The second-order valence-corrected chi connectivity index (χ2v) is 5.81. The van der Waals surface area contributed by atoms with Gasteiger partial charge in [0.25, 0.3) is 0 Å². The fourth-order valence-corrected chi connectivity index (χ4v) is 2.90. The molecule has 0 aliphatic carbocycles. The molecular formula is C15H23N5. The Kier molecular flexibility index (Phi) is 3.51. The van der Waals surface area contributed by atoms with E-state index in [1.165, 1.54) is 18.7 Å². The van der Waals surface area contributed by atoms with Crippen molar-refractivity contribution >= 4 is 11.7 Å². The van der Waals surface area contributed by atoms with Crippen LogP contribution in [0.4, 0.5) is 0 Å². The zero-order valence-electron chi connectivity index (χ0n) is 12.3. The van der Waals surface area contributed by atoms with Gasteiger partial charge in [0.05, 0.1) is 6.04 Å². The van der Waals surface area contributed by atoms with Crippen LogP contribution in [0.3, 0.4) is 0 Å². The maximum absolute atomic E-state index is 6.00. The van der Waals surface area contributed by atoms with Gasteiger partial charge in [0.2, 0.25) is 0 Å². The van der Waals surface area contributed by atoms with Gasteiger partial charge in [-0.1, -0.05) is 13.8 Å². The largest absolute Gasteiger partial charge is 0.381 e. The molecule has 1 saturated heterocycles. The highest BCUT2D eigenvalue weighted by Crippen LogP contribution is 2.27. The summed E-state index contributed by atoms with van der Waals surface area (Å²) in [7, 11) is 0. The lowest BCUT2D eigenvalue weighted by Gasteiger charge is -2.41. The van der Waals surface area contributed by atoms with Crippen LogP contribution >= 0.6 is 0 Å². The van der Waals surface area contributed by atoms with Gasteiger partial charge >= 0.3 is 0 Å². The summed E-state index contributed by atoms with van der Waals surface area (Å²) in [4.78, 5) is 13.4. The first-order valence-corrected chi connectivity index (χ1v) is 7.53. The number of aliphatic imine (C=N–C) groups is 2. The standard InChI is InChI=1S/C15H23N5/c1-3-12-10-13(19-7-4-11(2)5-8-19)20-9-6-17-14(16)15(20)18-12/h6,9-12H,3-5,7-8H2,1-2H3,(H2,16,17). The van der Waals surface area contributed by atoms with Crippen molar-refractivity contribution in [2.45, 2.75) is 39.2 Å². The van der Waals surface area contributed by atoms with Crippen LogP contribution in [0.1, 0.15) is 33.1 Å². The number of hydrogen-bond acceptors (Lipinski definition) is 5. The molecule has 1 unspecified atom stereocenters. The second-order valence-electron chi connectivity index (χ2n) is 5.81. The van der Waals surface area contributed by atoms with E-state index < -0.39 is 0 Å². The molecule has 0 aromatic heterocycles. The summed E-state index contributed by atoms with van der Waals surface area (Å²) >= 11 is 0. The van der Waals surface area contributed by atoms with Gasteiger partial charge in [-0.25, -0.2) is 4.99 Å². The molecule has 1 fully saturated rings. The van der Waals surface area contributed by atoms with E-state index in [1.54, 1.807) is 6.20 Å². The minimum Gasteiger partial charge on any atom is -0.381 e. The molecule has 2 N–H and O–H groups in total. The number of fused-ring (bicyclic) bond motifs is 1. The van der Waals surface area contributed by atoms with Crippen molar-refractivity contribution in [2.75, 3.05) is 13.1 Å². The molecule has 5 nitrogen and oxygen atoms in total. The molecule has 3 aliphatic rings. The Morgan fingerprint density at radius 1 is 1.35 bits per heavy atom. The fourth-order valence-electron chi connectivity index (χ4n) is 2.90. The minimum atomic E-state index is 0.204. The molecule has 0 saturated carbocycles. The van der Waals surface area contributed by atoms with Gasteiger partial charge in [0.1, 0.15) is 5.82 Å². The minimum absolute atomic E-state index is 0.204. The SMILES string of the molecule is CCC1C=C(N2CCC(C)CC2)N2C=CN=C(N)C2=N1. The van der Waals surface area contributed by atoms with Crippen molar-refractivity contribution < 1.29 is 0 Å². The number of rotatable bonds is 2. The zero-order valence-corrected chi connectivity index (χ0v) is 12.3. The third-order valence-electron chi connectivity index (χ3n) is 4.29. The van der Waals surface area contributed by atoms with Crippen LogP contribution < -0.4 is 5.73 Å². The average molecular weight is 273 g/mol. The molecule has 0 amide bonds. The van der Waals surface area contributed by atoms with Gasteiger partial charge in [0.15, 0.2) is 11.7 Å². The summed E-state index contributed by atoms with van der Waals surface area (Å²) < 4.78 is 0. The van der Waals surface area contributed by atoms with Gasteiger partial charge in [-0.3, -0.25) is 9.89 Å². The van der Waals surface area contributed by atoms with Crippen molar-refractivity contribution in [1.82, 2.24) is 9.80 Å². The van der Waals surface area contributed by atoms with Crippen molar-refractivity contribution in [3.8, 4) is 0 Å². The van der Waals surface area contributed by atoms with Gasteiger partial charge in [-0.05, 0) is 31.3 Å². The summed E-state index contributed by atoms with van der Waals surface area (Å²) in [5.41, 5.74) is 6.00. The third-order valence-corrected chi connectivity index (χ3v) is 4.29. The van der Waals surface area contributed by atoms with Gasteiger partial charge in [0, 0.05) is 25.5 Å². The van der Waals surface area contributed by atoms with Crippen molar-refractivity contribution in [3.63, 3.8) is 0 Å². The lowest BCUT2D eigenvalue weighted by molar-refractivity contribution is 0.205. The molecule has 0 bridgehead atoms. The Morgan fingerprint density at radius 3 is 2.80 bits per heavy atom. The smallest absolute Gasteiger partial charge is 0.177 e. The van der Waals surface area contributed by atoms with Crippen LogP contribution in [-0.2, 0) is 0 Å². The Balaban J connectivity index is 1.87. The summed E-state index contributed by atoms with van der Waals surface area (Å²) in [6, 6.07) is 0.204. The quantitative estimate of drug-likeness (QED) is 0.836. The summed E-state index contributed by atoms with van der Waals surface area (Å²) in [6.07, 6.45) is 9.47. The van der Waals surface area contributed by atoms with Crippen LogP contribution in [-0.4, -0.2) is 40.6 Å². The number of piperidine rings is 1. The van der Waals surface area contributed by atoms with E-state index in [9.17, 15) is 0 Å². The zero-order chi connectivity index (χ0) is 14.1. The first kappa shape index (κ1) is 13.2. The topological polar surface area (TPSA) is 57.2 Å². The van der Waals surface area contributed by atoms with Crippen LogP contribution in [0.5, 0.6) is 0 Å². The summed E-state index contributed by atoms with van der Waals surface area (Å²) in [6.45, 7) is 6.71. The monoisotopic (exact) mass is 273 g/mol. The summed E-state index contributed by atoms with van der Waals surface area (Å²) in [5, 5.41) is 0. The Hall–Kier alpha value is -1.78. The molecule has 3 heterocycles. The van der Waals surface area contributed by atoms with Crippen molar-refractivity contribution in [3.05, 3.63) is 24.3 Å². The maximum Gasteiger partial charge on any atom is 0.177 e. The van der Waals surface area contributed by atoms with Crippen molar-refractivity contribution in [1.29, 1.82) is 0 Å². The summed E-state index contributed by atoms with van der Waals surface area (Å²) in [5.74, 6) is 3.37. The number of nitrogens with zero attached hydrogens (tertiary/aromatic N) is 4. The molecule has 0 aromatic rings. The van der Waals surface area contributed by atoms with Crippen LogP contribution in [0, 0.1) is 5.92 Å². The van der Waals surface area contributed by atoms with E-state index in [4.69, 9.17) is 10.7 Å². The molecule has 3 rings (SSSR count). The highest BCUT2D eigenvalue weighted by Gasteiger charge is 2.30. The van der Waals surface area contributed by atoms with Gasteiger partial charge < -0.3 is 10.6 Å². The van der Waals surface area contributed by atoms with Gasteiger partial charge in [-0.15, -0.1) is 0 Å². The van der Waals surface area contributed by atoms with E-state index in [0.29, 0.717) is 5.84 Å². The highest BCUT2D eigenvalue weighted by atomic mass is 15.4. The molecule has 20 heavy (non-hydrogen) atoms. The molecule has 108 valence electrons. The Bertz CT molecular complexity index is 494. The number of hydrogen-bond donors (Lipinski definition) is 1. The van der Waals surface area contributed by atoms with Crippen LogP contribution in [0.15, 0.2) is 34.3 Å². The van der Waals surface area contributed by atoms with E-state index in [0.717, 1.165) is 31.3 Å². The molecule has 3 aliphatic heterocycles. The number of nitrogens with two attached hydrogens (primary N) is 1. The molecule has 5 heteroatoms. The Labute approximate surface area is 120 Å². The molecule has 1 atom stereocenters. The predicted octanol–water partition coefficient (Wildman–Crippen LogP) is 1.89. The number of amidine groups is 2. The predicted molar refractivity (Wildman–Crippen MR) is 82.2 cm³/mol. The van der Waals surface area contributed by atoms with Crippen LogP contribution in [0.2, 0.25) is 0 Å². The maximum atomic E-state index is 6.00. The molecule has 0 radical (unpaired) electrons. The fraction of sp³-hybridized carbons (Fsp3) is 0.600. The van der Waals surface area contributed by atoms with Crippen LogP contribution in [0.25, 0.3) is 0 Å². The lowest BCUT2D eigenvalue weighted by Crippen LogP contribution is -2.48. The van der Waals surface area contributed by atoms with Crippen molar-refractivity contribution in [2.24, 2.45) is 21.6 Å². The molecule has 0 spiro atoms. The first-order valence-electron chi connectivity index (χ1n) is 7.53. The normalized spacial score (nSPS) is 26.9.